The number of halogens is 1. The molecule has 96 valence electrons. The Kier molecular flexibility index (Phi) is 8.61. The first-order chi connectivity index (χ1) is 7.27. The Bertz CT molecular complexity index is 202. The number of hydrogen-bond donors (Lipinski definition) is 1. The molecule has 1 atom stereocenters. The van der Waals surface area contributed by atoms with Crippen LogP contribution in [0.5, 0.6) is 0 Å². The highest BCUT2D eigenvalue weighted by Gasteiger charge is 2.21. The summed E-state index contributed by atoms with van der Waals surface area (Å²) in [5, 5.41) is 3.24. The van der Waals surface area contributed by atoms with Gasteiger partial charge < -0.3 is 15.0 Å². The molecule has 1 saturated heterocycles. The molecule has 1 heterocycles. The van der Waals surface area contributed by atoms with Gasteiger partial charge in [0.1, 0.15) is 0 Å². The summed E-state index contributed by atoms with van der Waals surface area (Å²) in [4.78, 5) is 13.7. The number of likely N-dealkylation sites (N-methyl/N-ethyl adjacent to an activating group) is 1. The Labute approximate surface area is 104 Å². The van der Waals surface area contributed by atoms with Crippen molar-refractivity contribution in [1.82, 2.24) is 10.2 Å². The molecule has 0 saturated carbocycles. The third-order valence-corrected chi connectivity index (χ3v) is 2.92. The SMILES string of the molecule is CNC1CCCN(C(=O)CCCOC)C1.Cl. The molecule has 4 nitrogen and oxygen atoms in total. The lowest BCUT2D eigenvalue weighted by atomic mass is 10.1. The Hall–Kier alpha value is -0.320. The molecule has 0 radical (unpaired) electrons. The summed E-state index contributed by atoms with van der Waals surface area (Å²) in [6.07, 6.45) is 3.74. The molecule has 1 fully saturated rings. The summed E-state index contributed by atoms with van der Waals surface area (Å²) in [6, 6.07) is 0.477. The van der Waals surface area contributed by atoms with Gasteiger partial charge in [-0.15, -0.1) is 12.4 Å². The monoisotopic (exact) mass is 250 g/mol. The van der Waals surface area contributed by atoms with Crippen molar-refractivity contribution < 1.29 is 9.53 Å². The summed E-state index contributed by atoms with van der Waals surface area (Å²) in [5.41, 5.74) is 0. The molecule has 1 N–H and O–H groups in total. The first-order valence-electron chi connectivity index (χ1n) is 5.72. The van der Waals surface area contributed by atoms with Crippen LogP contribution in [0.15, 0.2) is 0 Å². The maximum absolute atomic E-state index is 11.8. The van der Waals surface area contributed by atoms with Crippen LogP contribution in [0.4, 0.5) is 0 Å². The normalized spacial score (nSPS) is 20.4. The standard InChI is InChI=1S/C11H22N2O2.ClH/c1-12-10-5-3-7-13(9-10)11(14)6-4-8-15-2;/h10,12H,3-9H2,1-2H3;1H. The van der Waals surface area contributed by atoms with Gasteiger partial charge >= 0.3 is 0 Å². The van der Waals surface area contributed by atoms with Gasteiger partial charge in [0.15, 0.2) is 0 Å². The molecule has 0 aromatic carbocycles. The van der Waals surface area contributed by atoms with Gasteiger partial charge in [-0.2, -0.15) is 0 Å². The fraction of sp³-hybridized carbons (Fsp3) is 0.909. The summed E-state index contributed by atoms with van der Waals surface area (Å²) in [6.45, 7) is 2.46. The van der Waals surface area contributed by atoms with Crippen molar-refractivity contribution in [3.8, 4) is 0 Å². The maximum Gasteiger partial charge on any atom is 0.222 e. The van der Waals surface area contributed by atoms with Crippen LogP contribution >= 0.6 is 12.4 Å². The van der Waals surface area contributed by atoms with E-state index in [4.69, 9.17) is 4.74 Å². The molecule has 16 heavy (non-hydrogen) atoms. The highest BCUT2D eigenvalue weighted by molar-refractivity contribution is 5.85. The number of amides is 1. The van der Waals surface area contributed by atoms with Crippen molar-refractivity contribution in [2.75, 3.05) is 33.9 Å². The predicted octanol–water partition coefficient (Wildman–Crippen LogP) is 1.05. The van der Waals surface area contributed by atoms with Crippen molar-refractivity contribution in [2.24, 2.45) is 0 Å². The molecule has 0 bridgehead atoms. The van der Waals surface area contributed by atoms with Crippen molar-refractivity contribution in [1.29, 1.82) is 0 Å². The molecule has 1 amide bonds. The fourth-order valence-electron chi connectivity index (χ4n) is 1.97. The minimum Gasteiger partial charge on any atom is -0.385 e. The topological polar surface area (TPSA) is 41.6 Å². The van der Waals surface area contributed by atoms with Gasteiger partial charge in [0.2, 0.25) is 5.91 Å². The molecule has 5 heteroatoms. The van der Waals surface area contributed by atoms with Crippen LogP contribution < -0.4 is 5.32 Å². The number of carbonyl (C=O) groups is 1. The Morgan fingerprint density at radius 2 is 2.31 bits per heavy atom. The van der Waals surface area contributed by atoms with Crippen molar-refractivity contribution in [3.63, 3.8) is 0 Å². The first-order valence-corrected chi connectivity index (χ1v) is 5.72. The van der Waals surface area contributed by atoms with Crippen molar-refractivity contribution >= 4 is 18.3 Å². The molecule has 0 aliphatic carbocycles. The number of methoxy groups -OCH3 is 1. The van der Waals surface area contributed by atoms with Gasteiger partial charge in [0.25, 0.3) is 0 Å². The average Bonchev–Trinajstić information content (AvgIpc) is 2.29. The smallest absolute Gasteiger partial charge is 0.222 e. The third-order valence-electron chi connectivity index (χ3n) is 2.92. The van der Waals surface area contributed by atoms with Crippen LogP contribution in [-0.4, -0.2) is 50.7 Å². The third kappa shape index (κ3) is 5.14. The maximum atomic E-state index is 11.8. The van der Waals surface area contributed by atoms with Gasteiger partial charge in [0, 0.05) is 39.3 Å². The fourth-order valence-corrected chi connectivity index (χ4v) is 1.97. The molecule has 0 aromatic rings. The molecule has 1 rings (SSSR count). The summed E-state index contributed by atoms with van der Waals surface area (Å²) < 4.78 is 4.94. The highest BCUT2D eigenvalue weighted by Crippen LogP contribution is 2.11. The van der Waals surface area contributed by atoms with E-state index >= 15 is 0 Å². The molecule has 0 aromatic heterocycles. The van der Waals surface area contributed by atoms with E-state index in [1.165, 1.54) is 6.42 Å². The van der Waals surface area contributed by atoms with E-state index in [0.29, 0.717) is 19.1 Å². The van der Waals surface area contributed by atoms with E-state index in [0.717, 1.165) is 25.9 Å². The Morgan fingerprint density at radius 3 is 2.94 bits per heavy atom. The number of nitrogens with zero attached hydrogens (tertiary/aromatic N) is 1. The second-order valence-electron chi connectivity index (χ2n) is 4.06. The van der Waals surface area contributed by atoms with Crippen LogP contribution in [0.1, 0.15) is 25.7 Å². The summed E-state index contributed by atoms with van der Waals surface area (Å²) in [5.74, 6) is 0.270. The zero-order chi connectivity index (χ0) is 11.1. The van der Waals surface area contributed by atoms with Gasteiger partial charge in [-0.25, -0.2) is 0 Å². The molecule has 1 unspecified atom stereocenters. The largest absolute Gasteiger partial charge is 0.385 e. The number of piperidine rings is 1. The van der Waals surface area contributed by atoms with Gasteiger partial charge in [-0.05, 0) is 26.3 Å². The van der Waals surface area contributed by atoms with E-state index in [-0.39, 0.29) is 18.3 Å². The minimum atomic E-state index is 0. The number of ether oxygens (including phenoxy) is 1. The summed E-state index contributed by atoms with van der Waals surface area (Å²) in [7, 11) is 3.63. The average molecular weight is 251 g/mol. The van der Waals surface area contributed by atoms with Crippen LogP contribution in [0.3, 0.4) is 0 Å². The van der Waals surface area contributed by atoms with Crippen molar-refractivity contribution in [2.45, 2.75) is 31.7 Å². The zero-order valence-electron chi connectivity index (χ0n) is 10.2. The van der Waals surface area contributed by atoms with Crippen molar-refractivity contribution in [3.05, 3.63) is 0 Å². The molecular formula is C11H23ClN2O2. The molecular weight excluding hydrogens is 228 g/mol. The van der Waals surface area contributed by atoms with E-state index in [2.05, 4.69) is 5.32 Å². The number of carbonyl (C=O) groups excluding carboxylic acids is 1. The first kappa shape index (κ1) is 15.7. The molecule has 0 spiro atoms. The van der Waals surface area contributed by atoms with Gasteiger partial charge in [-0.3, -0.25) is 4.79 Å². The minimum absolute atomic E-state index is 0. The number of hydrogen-bond acceptors (Lipinski definition) is 3. The lowest BCUT2D eigenvalue weighted by Crippen LogP contribution is -2.46. The number of rotatable bonds is 5. The molecule has 1 aliphatic heterocycles. The Balaban J connectivity index is 0.00000225. The van der Waals surface area contributed by atoms with Gasteiger partial charge in [0.05, 0.1) is 0 Å². The van der Waals surface area contributed by atoms with Crippen LogP contribution in [0.2, 0.25) is 0 Å². The van der Waals surface area contributed by atoms with E-state index < -0.39 is 0 Å². The van der Waals surface area contributed by atoms with Crippen LogP contribution in [0.25, 0.3) is 0 Å². The zero-order valence-corrected chi connectivity index (χ0v) is 11.0. The van der Waals surface area contributed by atoms with Crippen LogP contribution in [-0.2, 0) is 9.53 Å². The van der Waals surface area contributed by atoms with E-state index in [1.807, 2.05) is 11.9 Å². The second kappa shape index (κ2) is 8.79. The Morgan fingerprint density at radius 1 is 1.56 bits per heavy atom. The predicted molar refractivity (Wildman–Crippen MR) is 67.0 cm³/mol. The van der Waals surface area contributed by atoms with Gasteiger partial charge in [-0.1, -0.05) is 0 Å². The quantitative estimate of drug-likeness (QED) is 0.742. The highest BCUT2D eigenvalue weighted by atomic mass is 35.5. The lowest BCUT2D eigenvalue weighted by molar-refractivity contribution is -0.132. The lowest BCUT2D eigenvalue weighted by Gasteiger charge is -2.32. The second-order valence-corrected chi connectivity index (χ2v) is 4.06. The van der Waals surface area contributed by atoms with E-state index in [9.17, 15) is 4.79 Å². The summed E-state index contributed by atoms with van der Waals surface area (Å²) >= 11 is 0. The number of likely N-dealkylation sites (tertiary alicyclic amines) is 1. The molecule has 1 aliphatic rings. The number of nitrogens with one attached hydrogen (secondary N) is 1. The van der Waals surface area contributed by atoms with Crippen LogP contribution in [0, 0.1) is 0 Å². The van der Waals surface area contributed by atoms with E-state index in [1.54, 1.807) is 7.11 Å².